The Hall–Kier alpha value is -10.5. The third-order valence-corrected chi connectivity index (χ3v) is 16.0. The van der Waals surface area contributed by atoms with Crippen molar-refractivity contribution in [2.75, 3.05) is 14.2 Å². The third-order valence-electron chi connectivity index (χ3n) is 15.2. The van der Waals surface area contributed by atoms with Crippen molar-refractivity contribution in [2.24, 2.45) is 0 Å². The van der Waals surface area contributed by atoms with Crippen LogP contribution in [-0.2, 0) is 15.5 Å². The van der Waals surface area contributed by atoms with Crippen molar-refractivity contribution in [1.29, 1.82) is 0 Å². The molecule has 0 bridgehead atoms. The fraction of sp³-hybridized carbons (Fsp3) is 0.0921. The van der Waals surface area contributed by atoms with E-state index in [9.17, 15) is 22.8 Å². The summed E-state index contributed by atoms with van der Waals surface area (Å²) in [6.07, 6.45) is 0. The van der Waals surface area contributed by atoms with Crippen LogP contribution in [0.1, 0.15) is 92.3 Å². The standard InChI is InChI=1S/C40H30O3.C21H18O3.C15H14O4S/c1-27-11-13-28(14-12-27)39(41)29-15-21-33(22-16-29)43-34-25-19-31(20-26-34)40(30-17-23-32(42-2)24-18-30)37-9-5-3-7-35(37)36-8-4-6-10-38(36)40;1-15-6-8-16(9-7-15)21(22)17-10-12-18(13-11-17)24-20-5-3-4-19(14-20)23-2;1-10-6-7-11(2)14(8-10)15(16)12-4-3-5-13(9-12)20(17,18)19/h3-26H,1-2H3;3-14H,1-2H3;3-9H,1-2H3,(H,17,18,19). The summed E-state index contributed by atoms with van der Waals surface area (Å²) in [7, 11) is -1.00. The van der Waals surface area contributed by atoms with Crippen LogP contribution in [0.25, 0.3) is 11.1 Å². The first-order valence-electron chi connectivity index (χ1n) is 28.1. The second kappa shape index (κ2) is 26.2. The monoisotopic (exact) mass is 1170 g/mol. The van der Waals surface area contributed by atoms with E-state index >= 15 is 0 Å². The van der Waals surface area contributed by atoms with Crippen molar-refractivity contribution < 1.29 is 46.3 Å². The number of ether oxygens (including phenoxy) is 4. The number of hydrogen-bond acceptors (Lipinski definition) is 9. The average molecular weight is 1170 g/mol. The van der Waals surface area contributed by atoms with Crippen molar-refractivity contribution in [2.45, 2.75) is 38.0 Å². The number of hydrogen-bond donors (Lipinski definition) is 1. The van der Waals surface area contributed by atoms with Crippen LogP contribution in [0.5, 0.6) is 34.5 Å². The minimum absolute atomic E-state index is 0.00271. The molecule has 12 rings (SSSR count). The number of aryl methyl sites for hydroxylation is 4. The van der Waals surface area contributed by atoms with E-state index < -0.39 is 15.5 Å². The average Bonchev–Trinajstić information content (AvgIpc) is 1.57. The first-order valence-corrected chi connectivity index (χ1v) is 29.5. The first kappa shape index (κ1) is 59.7. The van der Waals surface area contributed by atoms with E-state index in [1.165, 1.54) is 52.1 Å². The number of carbonyl (C=O) groups excluding carboxylic acids is 3. The summed E-state index contributed by atoms with van der Waals surface area (Å²) in [4.78, 5) is 37.5. The van der Waals surface area contributed by atoms with Gasteiger partial charge in [-0.1, -0.05) is 168 Å². The SMILES string of the molecule is COc1ccc(C2(c3ccc(Oc4ccc(C(=O)c5ccc(C)cc5)cc4)cc3)c3ccccc3-c3ccccc32)cc1.COc1cccc(Oc2ccc(C(=O)c3ccc(C)cc3)cc2)c1.Cc1ccc(C)c(C(=O)c2cccc(S(=O)(=O)O)c2)c1. The summed E-state index contributed by atoms with van der Waals surface area (Å²) < 4.78 is 53.9. The van der Waals surface area contributed by atoms with Gasteiger partial charge in [-0.25, -0.2) is 0 Å². The van der Waals surface area contributed by atoms with Crippen LogP contribution in [0, 0.1) is 27.7 Å². The minimum atomic E-state index is -4.31. The summed E-state index contributed by atoms with van der Waals surface area (Å²) in [6, 6.07) is 82.1. The Balaban J connectivity index is 0.000000161. The van der Waals surface area contributed by atoms with E-state index in [1.54, 1.807) is 44.6 Å². The predicted octanol–water partition coefficient (Wildman–Crippen LogP) is 17.2. The van der Waals surface area contributed by atoms with Gasteiger partial charge in [-0.15, -0.1) is 0 Å². The number of benzene rings is 11. The zero-order chi connectivity index (χ0) is 61.2. The van der Waals surface area contributed by atoms with Crippen molar-refractivity contribution in [3.05, 3.63) is 339 Å². The molecule has 0 spiro atoms. The minimum Gasteiger partial charge on any atom is -0.497 e. The highest BCUT2D eigenvalue weighted by atomic mass is 32.2. The second-order valence-electron chi connectivity index (χ2n) is 21.1. The number of fused-ring (bicyclic) bond motifs is 3. The van der Waals surface area contributed by atoms with E-state index in [0.29, 0.717) is 45.1 Å². The molecule has 0 aliphatic heterocycles. The molecule has 0 aromatic heterocycles. The van der Waals surface area contributed by atoms with Crippen molar-refractivity contribution in [3.63, 3.8) is 0 Å². The Morgan fingerprint density at radius 3 is 1.23 bits per heavy atom. The predicted molar refractivity (Wildman–Crippen MR) is 341 cm³/mol. The van der Waals surface area contributed by atoms with Gasteiger partial charge >= 0.3 is 0 Å². The summed E-state index contributed by atoms with van der Waals surface area (Å²) in [5.74, 6) is 4.06. The van der Waals surface area contributed by atoms with Gasteiger partial charge in [-0.05, 0) is 170 Å². The molecule has 432 valence electrons. The molecule has 0 saturated carbocycles. The maximum atomic E-state index is 12.9. The number of methoxy groups -OCH3 is 2. The molecule has 0 heterocycles. The molecule has 0 amide bonds. The van der Waals surface area contributed by atoms with Crippen LogP contribution < -0.4 is 18.9 Å². The van der Waals surface area contributed by atoms with Gasteiger partial charge in [0.05, 0.1) is 24.5 Å². The molecule has 0 fully saturated rings. The molecule has 1 N–H and O–H groups in total. The molecule has 11 aromatic rings. The lowest BCUT2D eigenvalue weighted by Gasteiger charge is -2.34. The lowest BCUT2D eigenvalue weighted by molar-refractivity contribution is 0.103. The molecular weight excluding hydrogens is 1100 g/mol. The van der Waals surface area contributed by atoms with E-state index in [1.807, 2.05) is 161 Å². The largest absolute Gasteiger partial charge is 0.497 e. The quantitative estimate of drug-likeness (QED) is 0.0778. The molecule has 11 heteroatoms. The van der Waals surface area contributed by atoms with E-state index in [4.69, 9.17) is 23.5 Å². The van der Waals surface area contributed by atoms with Crippen LogP contribution >= 0.6 is 0 Å². The zero-order valence-corrected chi connectivity index (χ0v) is 49.7. The Morgan fingerprint density at radius 1 is 0.356 bits per heavy atom. The fourth-order valence-corrected chi connectivity index (χ4v) is 11.1. The van der Waals surface area contributed by atoms with E-state index in [0.717, 1.165) is 45.1 Å². The Morgan fingerprint density at radius 2 is 0.759 bits per heavy atom. The number of ketones is 3. The molecule has 87 heavy (non-hydrogen) atoms. The lowest BCUT2D eigenvalue weighted by Crippen LogP contribution is -2.28. The molecular formula is C76H62O10S. The van der Waals surface area contributed by atoms with Crippen molar-refractivity contribution in [1.82, 2.24) is 0 Å². The number of carbonyl (C=O) groups is 3. The van der Waals surface area contributed by atoms with Crippen LogP contribution in [0.4, 0.5) is 0 Å². The second-order valence-corrected chi connectivity index (χ2v) is 22.5. The first-order chi connectivity index (χ1) is 42.0. The van der Waals surface area contributed by atoms with Gasteiger partial charge in [0.2, 0.25) is 0 Å². The summed E-state index contributed by atoms with van der Waals surface area (Å²) in [6.45, 7) is 7.71. The molecule has 0 atom stereocenters. The topological polar surface area (TPSA) is 142 Å². The smallest absolute Gasteiger partial charge is 0.294 e. The summed E-state index contributed by atoms with van der Waals surface area (Å²) >= 11 is 0. The van der Waals surface area contributed by atoms with Gasteiger partial charge in [0.25, 0.3) is 10.1 Å². The highest BCUT2D eigenvalue weighted by Gasteiger charge is 2.46. The van der Waals surface area contributed by atoms with Gasteiger partial charge < -0.3 is 18.9 Å². The summed E-state index contributed by atoms with van der Waals surface area (Å²) in [5.41, 5.74) is 14.2. The molecule has 10 nitrogen and oxygen atoms in total. The normalized spacial score (nSPS) is 11.7. The van der Waals surface area contributed by atoms with Crippen LogP contribution in [-0.4, -0.2) is 44.5 Å². The van der Waals surface area contributed by atoms with Crippen LogP contribution in [0.3, 0.4) is 0 Å². The molecule has 0 radical (unpaired) electrons. The maximum Gasteiger partial charge on any atom is 0.294 e. The summed E-state index contributed by atoms with van der Waals surface area (Å²) in [5, 5.41) is 0. The van der Waals surface area contributed by atoms with Crippen LogP contribution in [0.2, 0.25) is 0 Å². The van der Waals surface area contributed by atoms with Crippen LogP contribution in [0.15, 0.2) is 266 Å². The van der Waals surface area contributed by atoms with Gasteiger partial charge in [0.15, 0.2) is 17.3 Å². The number of rotatable bonds is 15. The molecule has 1 aliphatic rings. The van der Waals surface area contributed by atoms with Gasteiger partial charge in [0.1, 0.15) is 34.5 Å². The van der Waals surface area contributed by atoms with E-state index in [-0.39, 0.29) is 27.8 Å². The lowest BCUT2D eigenvalue weighted by atomic mass is 9.68. The van der Waals surface area contributed by atoms with Gasteiger partial charge in [-0.2, -0.15) is 8.42 Å². The van der Waals surface area contributed by atoms with E-state index in [2.05, 4.69) is 72.8 Å². The molecule has 0 saturated heterocycles. The Labute approximate surface area is 507 Å². The molecule has 1 aliphatic carbocycles. The van der Waals surface area contributed by atoms with Gasteiger partial charge in [-0.3, -0.25) is 18.9 Å². The highest BCUT2D eigenvalue weighted by molar-refractivity contribution is 7.85. The maximum absolute atomic E-state index is 12.9. The van der Waals surface area contributed by atoms with Gasteiger partial charge in [0, 0.05) is 39.4 Å². The Kier molecular flexibility index (Phi) is 18.0. The molecule has 11 aromatic carbocycles. The van der Waals surface area contributed by atoms with Crippen molar-refractivity contribution in [3.8, 4) is 45.6 Å². The molecule has 0 unspecified atom stereocenters. The fourth-order valence-electron chi connectivity index (χ4n) is 10.6. The highest BCUT2D eigenvalue weighted by Crippen LogP contribution is 2.56. The Bertz CT molecular complexity index is 4340. The van der Waals surface area contributed by atoms with Crippen molar-refractivity contribution >= 4 is 27.5 Å². The third kappa shape index (κ3) is 13.4. The zero-order valence-electron chi connectivity index (χ0n) is 48.9.